The average molecular weight is 532 g/mol. The lowest BCUT2D eigenvalue weighted by Crippen LogP contribution is -2.45. The van der Waals surface area contributed by atoms with Crippen LogP contribution in [-0.4, -0.2) is 49.1 Å². The van der Waals surface area contributed by atoms with Crippen molar-refractivity contribution in [1.82, 2.24) is 5.32 Å². The number of halogens is 2. The summed E-state index contributed by atoms with van der Waals surface area (Å²) < 4.78 is 41.4. The molecule has 208 valence electrons. The van der Waals surface area contributed by atoms with Gasteiger partial charge in [0.25, 0.3) is 0 Å². The number of alkyl halides is 2. The number of carbonyl (C=O) groups is 1. The molecule has 2 aromatic rings. The summed E-state index contributed by atoms with van der Waals surface area (Å²) in [6, 6.07) is 13.3. The number of hydrogen-bond donors (Lipinski definition) is 2. The van der Waals surface area contributed by atoms with Crippen molar-refractivity contribution in [3.05, 3.63) is 70.8 Å². The molecule has 0 aliphatic heterocycles. The van der Waals surface area contributed by atoms with Gasteiger partial charge in [0.1, 0.15) is 5.75 Å². The van der Waals surface area contributed by atoms with Crippen LogP contribution in [0.5, 0.6) is 5.75 Å². The van der Waals surface area contributed by atoms with Gasteiger partial charge in [0.15, 0.2) is 0 Å². The van der Waals surface area contributed by atoms with E-state index in [0.29, 0.717) is 23.6 Å². The number of hydrogen-bond acceptors (Lipinski definition) is 6. The Morgan fingerprint density at radius 2 is 1.84 bits per heavy atom. The Hall–Kier alpha value is -2.81. The SMILES string of the molecule is CCOC(=O)/C=C/c1c(OC(F)F)cccc1[C@@H](C)OC[C@H](O)CNC(C)(C)CC1Cc2ccccc2C1. The van der Waals surface area contributed by atoms with Crippen LogP contribution in [0.1, 0.15) is 62.5 Å². The van der Waals surface area contributed by atoms with E-state index < -0.39 is 24.8 Å². The second-order valence-electron chi connectivity index (χ2n) is 10.4. The molecule has 0 saturated carbocycles. The van der Waals surface area contributed by atoms with Crippen molar-refractivity contribution in [2.45, 2.75) is 71.3 Å². The van der Waals surface area contributed by atoms with Gasteiger partial charge in [-0.2, -0.15) is 8.78 Å². The Balaban J connectivity index is 1.55. The molecule has 0 saturated heterocycles. The van der Waals surface area contributed by atoms with E-state index in [0.717, 1.165) is 25.3 Å². The highest BCUT2D eigenvalue weighted by atomic mass is 19.3. The molecule has 0 fully saturated rings. The zero-order chi connectivity index (χ0) is 27.7. The summed E-state index contributed by atoms with van der Waals surface area (Å²) in [5.41, 5.74) is 3.53. The van der Waals surface area contributed by atoms with Crippen LogP contribution < -0.4 is 10.1 Å². The molecule has 1 aliphatic carbocycles. The summed E-state index contributed by atoms with van der Waals surface area (Å²) >= 11 is 0. The number of nitrogens with one attached hydrogen (secondary N) is 1. The maximum Gasteiger partial charge on any atom is 0.387 e. The van der Waals surface area contributed by atoms with E-state index in [2.05, 4.69) is 48.2 Å². The molecule has 8 heteroatoms. The van der Waals surface area contributed by atoms with Crippen LogP contribution in [0, 0.1) is 5.92 Å². The largest absolute Gasteiger partial charge is 0.463 e. The Labute approximate surface area is 224 Å². The number of ether oxygens (including phenoxy) is 3. The van der Waals surface area contributed by atoms with E-state index in [1.165, 1.54) is 23.3 Å². The molecule has 0 heterocycles. The van der Waals surface area contributed by atoms with Crippen LogP contribution in [-0.2, 0) is 27.1 Å². The molecule has 2 N–H and O–H groups in total. The van der Waals surface area contributed by atoms with Crippen LogP contribution in [0.25, 0.3) is 6.08 Å². The topological polar surface area (TPSA) is 77.0 Å². The van der Waals surface area contributed by atoms with Crippen LogP contribution in [0.15, 0.2) is 48.5 Å². The summed E-state index contributed by atoms with van der Waals surface area (Å²) in [5.74, 6) is -0.108. The zero-order valence-corrected chi connectivity index (χ0v) is 22.6. The van der Waals surface area contributed by atoms with Crippen LogP contribution >= 0.6 is 0 Å². The smallest absolute Gasteiger partial charge is 0.387 e. The van der Waals surface area contributed by atoms with Crippen molar-refractivity contribution in [3.8, 4) is 5.75 Å². The predicted molar refractivity (Wildman–Crippen MR) is 143 cm³/mol. The monoisotopic (exact) mass is 531 g/mol. The third-order valence-electron chi connectivity index (χ3n) is 6.72. The number of rotatable bonds is 14. The minimum Gasteiger partial charge on any atom is -0.463 e. The Morgan fingerprint density at radius 1 is 1.16 bits per heavy atom. The molecule has 1 aliphatic rings. The lowest BCUT2D eigenvalue weighted by molar-refractivity contribution is -0.137. The van der Waals surface area contributed by atoms with E-state index in [4.69, 9.17) is 9.47 Å². The maximum atomic E-state index is 13.0. The van der Waals surface area contributed by atoms with Gasteiger partial charge in [-0.1, -0.05) is 36.4 Å². The Morgan fingerprint density at radius 3 is 2.47 bits per heavy atom. The molecular formula is C30H39F2NO5. The summed E-state index contributed by atoms with van der Waals surface area (Å²) in [4.78, 5) is 11.8. The molecule has 6 nitrogen and oxygen atoms in total. The van der Waals surface area contributed by atoms with Crippen molar-refractivity contribution in [1.29, 1.82) is 0 Å². The first-order chi connectivity index (χ1) is 18.1. The highest BCUT2D eigenvalue weighted by molar-refractivity contribution is 5.88. The lowest BCUT2D eigenvalue weighted by atomic mass is 9.88. The molecule has 0 aromatic heterocycles. The van der Waals surface area contributed by atoms with Gasteiger partial charge in [0, 0.05) is 23.7 Å². The predicted octanol–water partition coefficient (Wildman–Crippen LogP) is 5.48. The number of benzene rings is 2. The number of β-amino-alcohol motifs (C(OH)–C–C–N with tert-alkyl or cyclic N) is 1. The highest BCUT2D eigenvalue weighted by Crippen LogP contribution is 2.33. The minimum absolute atomic E-state index is 0.0417. The van der Waals surface area contributed by atoms with Gasteiger partial charge in [0.05, 0.1) is 25.4 Å². The normalized spacial score (nSPS) is 15.6. The molecule has 3 rings (SSSR count). The van der Waals surface area contributed by atoms with Gasteiger partial charge < -0.3 is 24.6 Å². The second-order valence-corrected chi connectivity index (χ2v) is 10.4. The van der Waals surface area contributed by atoms with Crippen molar-refractivity contribution >= 4 is 12.0 Å². The Kier molecular flexibility index (Phi) is 10.8. The molecule has 0 bridgehead atoms. The molecule has 0 unspecified atom stereocenters. The van der Waals surface area contributed by atoms with Gasteiger partial charge in [-0.3, -0.25) is 0 Å². The number of esters is 1. The molecule has 2 aromatic carbocycles. The van der Waals surface area contributed by atoms with Crippen molar-refractivity contribution in [2.75, 3.05) is 19.8 Å². The van der Waals surface area contributed by atoms with Gasteiger partial charge in [-0.25, -0.2) is 4.79 Å². The molecule has 2 atom stereocenters. The average Bonchev–Trinajstić information content (AvgIpc) is 3.26. The second kappa shape index (κ2) is 13.8. The van der Waals surface area contributed by atoms with Gasteiger partial charge in [-0.05, 0) is 81.7 Å². The zero-order valence-electron chi connectivity index (χ0n) is 22.6. The quantitative estimate of drug-likeness (QED) is 0.249. The van der Waals surface area contributed by atoms with Crippen LogP contribution in [0.3, 0.4) is 0 Å². The van der Waals surface area contributed by atoms with E-state index in [9.17, 15) is 18.7 Å². The molecular weight excluding hydrogens is 492 g/mol. The van der Waals surface area contributed by atoms with E-state index in [1.807, 2.05) is 0 Å². The van der Waals surface area contributed by atoms with Crippen molar-refractivity contribution in [2.24, 2.45) is 5.92 Å². The highest BCUT2D eigenvalue weighted by Gasteiger charge is 2.28. The molecule has 0 amide bonds. The standard InChI is InChI=1S/C30H39F2NO5/c1-5-36-28(35)14-13-26-25(11-8-12-27(26)38-29(31)32)20(2)37-19-24(34)18-33-30(3,4)17-21-15-22-9-6-7-10-23(22)16-21/h6-14,20-21,24,29,33-34H,5,15-19H2,1-4H3/b14-13+/t20-,24-/m1/s1. The fraction of sp³-hybridized carbons (Fsp3) is 0.500. The van der Waals surface area contributed by atoms with Gasteiger partial charge >= 0.3 is 12.6 Å². The van der Waals surface area contributed by atoms with Gasteiger partial charge in [0.2, 0.25) is 0 Å². The molecule has 38 heavy (non-hydrogen) atoms. The number of aliphatic hydroxyl groups is 1. The first kappa shape index (κ1) is 29.7. The van der Waals surface area contributed by atoms with Crippen molar-refractivity contribution < 1.29 is 32.9 Å². The first-order valence-corrected chi connectivity index (χ1v) is 13.1. The maximum absolute atomic E-state index is 13.0. The minimum atomic E-state index is -3.02. The van der Waals surface area contributed by atoms with Crippen LogP contribution in [0.4, 0.5) is 8.78 Å². The third-order valence-corrected chi connectivity index (χ3v) is 6.72. The fourth-order valence-corrected chi connectivity index (χ4v) is 5.02. The number of carbonyl (C=O) groups excluding carboxylic acids is 1. The molecule has 0 radical (unpaired) electrons. The van der Waals surface area contributed by atoms with Crippen molar-refractivity contribution in [3.63, 3.8) is 0 Å². The van der Waals surface area contributed by atoms with Gasteiger partial charge in [-0.15, -0.1) is 0 Å². The van der Waals surface area contributed by atoms with E-state index >= 15 is 0 Å². The summed E-state index contributed by atoms with van der Waals surface area (Å²) in [7, 11) is 0. The van der Waals surface area contributed by atoms with E-state index in [1.54, 1.807) is 26.0 Å². The summed E-state index contributed by atoms with van der Waals surface area (Å²) in [5, 5.41) is 14.1. The van der Waals surface area contributed by atoms with E-state index in [-0.39, 0.29) is 24.5 Å². The summed E-state index contributed by atoms with van der Waals surface area (Å²) in [6.45, 7) is 5.28. The number of fused-ring (bicyclic) bond motifs is 1. The fourth-order valence-electron chi connectivity index (χ4n) is 5.02. The van der Waals surface area contributed by atoms with Crippen LogP contribution in [0.2, 0.25) is 0 Å². The lowest BCUT2D eigenvalue weighted by Gasteiger charge is -2.31. The Bertz CT molecular complexity index is 1060. The third kappa shape index (κ3) is 8.89. The summed E-state index contributed by atoms with van der Waals surface area (Å²) in [6.07, 6.45) is 4.36. The number of aliphatic hydroxyl groups excluding tert-OH is 1. The first-order valence-electron chi connectivity index (χ1n) is 13.1. The molecule has 0 spiro atoms.